The SMILES string of the molecule is O=C(CN1C(=O)c2cccc3cccc1c23)N1CCC(c2ccccc2)=N1. The van der Waals surface area contributed by atoms with Gasteiger partial charge in [-0.25, -0.2) is 5.01 Å². The molecule has 0 radical (unpaired) electrons. The van der Waals surface area contributed by atoms with Gasteiger partial charge >= 0.3 is 0 Å². The van der Waals surface area contributed by atoms with Crippen LogP contribution in [0.25, 0.3) is 10.8 Å². The summed E-state index contributed by atoms with van der Waals surface area (Å²) < 4.78 is 0. The number of carbonyl (C=O) groups excluding carboxylic acids is 2. The van der Waals surface area contributed by atoms with E-state index in [4.69, 9.17) is 0 Å². The molecule has 0 saturated carbocycles. The molecule has 2 heterocycles. The molecule has 132 valence electrons. The predicted octanol–water partition coefficient (Wildman–Crippen LogP) is 3.44. The van der Waals surface area contributed by atoms with Crippen LogP contribution in [0.4, 0.5) is 5.69 Å². The van der Waals surface area contributed by atoms with Gasteiger partial charge in [-0.2, -0.15) is 5.10 Å². The molecule has 0 fully saturated rings. The van der Waals surface area contributed by atoms with Gasteiger partial charge in [0.25, 0.3) is 11.8 Å². The summed E-state index contributed by atoms with van der Waals surface area (Å²) in [5, 5.41) is 7.91. The third-order valence-electron chi connectivity index (χ3n) is 5.14. The van der Waals surface area contributed by atoms with Crippen molar-refractivity contribution in [3.63, 3.8) is 0 Å². The molecule has 0 saturated heterocycles. The van der Waals surface area contributed by atoms with Gasteiger partial charge in [-0.05, 0) is 23.1 Å². The molecule has 27 heavy (non-hydrogen) atoms. The van der Waals surface area contributed by atoms with Crippen molar-refractivity contribution in [1.29, 1.82) is 0 Å². The Hall–Kier alpha value is -3.47. The zero-order valence-electron chi connectivity index (χ0n) is 14.6. The van der Waals surface area contributed by atoms with Crippen LogP contribution in [0.5, 0.6) is 0 Å². The predicted molar refractivity (Wildman–Crippen MR) is 105 cm³/mol. The van der Waals surface area contributed by atoms with Crippen LogP contribution in [-0.2, 0) is 4.79 Å². The van der Waals surface area contributed by atoms with Gasteiger partial charge in [0.15, 0.2) is 0 Å². The van der Waals surface area contributed by atoms with Crippen molar-refractivity contribution in [3.8, 4) is 0 Å². The Morgan fingerprint density at radius 1 is 0.963 bits per heavy atom. The van der Waals surface area contributed by atoms with Gasteiger partial charge in [0.2, 0.25) is 0 Å². The highest BCUT2D eigenvalue weighted by atomic mass is 16.2. The summed E-state index contributed by atoms with van der Waals surface area (Å²) in [4.78, 5) is 27.2. The number of nitrogens with zero attached hydrogens (tertiary/aromatic N) is 3. The molecule has 3 aromatic carbocycles. The Labute approximate surface area is 156 Å². The molecule has 2 aliphatic rings. The van der Waals surface area contributed by atoms with Crippen LogP contribution in [0.3, 0.4) is 0 Å². The second-order valence-electron chi connectivity index (χ2n) is 6.75. The van der Waals surface area contributed by atoms with Crippen molar-refractivity contribution in [2.24, 2.45) is 5.10 Å². The number of anilines is 1. The minimum absolute atomic E-state index is 0.00179. The molecular formula is C22H17N3O2. The maximum Gasteiger partial charge on any atom is 0.262 e. The quantitative estimate of drug-likeness (QED) is 0.723. The Kier molecular flexibility index (Phi) is 3.53. The summed E-state index contributed by atoms with van der Waals surface area (Å²) in [6.07, 6.45) is 0.722. The van der Waals surface area contributed by atoms with Crippen LogP contribution in [0.15, 0.2) is 71.8 Å². The highest BCUT2D eigenvalue weighted by Crippen LogP contribution is 2.37. The highest BCUT2D eigenvalue weighted by molar-refractivity contribution is 6.26. The van der Waals surface area contributed by atoms with E-state index < -0.39 is 0 Å². The molecule has 5 rings (SSSR count). The zero-order chi connectivity index (χ0) is 18.4. The van der Waals surface area contributed by atoms with Gasteiger partial charge in [-0.1, -0.05) is 54.6 Å². The smallest absolute Gasteiger partial charge is 0.262 e. The van der Waals surface area contributed by atoms with Crippen molar-refractivity contribution in [2.75, 3.05) is 18.0 Å². The lowest BCUT2D eigenvalue weighted by atomic mass is 10.1. The van der Waals surface area contributed by atoms with Crippen molar-refractivity contribution in [2.45, 2.75) is 6.42 Å². The number of hydrazone groups is 1. The average molecular weight is 355 g/mol. The van der Waals surface area contributed by atoms with Gasteiger partial charge in [-0.15, -0.1) is 0 Å². The molecule has 0 aliphatic carbocycles. The number of benzene rings is 3. The van der Waals surface area contributed by atoms with E-state index in [1.54, 1.807) is 4.90 Å². The second kappa shape index (κ2) is 6.06. The number of hydrogen-bond acceptors (Lipinski definition) is 3. The fourth-order valence-electron chi connectivity index (χ4n) is 3.82. The van der Waals surface area contributed by atoms with Crippen LogP contribution >= 0.6 is 0 Å². The normalized spacial score (nSPS) is 15.6. The first-order valence-electron chi connectivity index (χ1n) is 8.99. The maximum absolute atomic E-state index is 12.8. The summed E-state index contributed by atoms with van der Waals surface area (Å²) in [5.74, 6) is -0.291. The fraction of sp³-hybridized carbons (Fsp3) is 0.136. The van der Waals surface area contributed by atoms with E-state index in [1.807, 2.05) is 66.7 Å². The molecule has 0 N–H and O–H groups in total. The van der Waals surface area contributed by atoms with E-state index in [2.05, 4.69) is 5.10 Å². The van der Waals surface area contributed by atoms with Gasteiger partial charge in [0.1, 0.15) is 6.54 Å². The minimum atomic E-state index is -0.168. The summed E-state index contributed by atoms with van der Waals surface area (Å²) in [7, 11) is 0. The molecule has 2 aliphatic heterocycles. The Bertz CT molecular complexity index is 1100. The van der Waals surface area contributed by atoms with Gasteiger partial charge in [-0.3, -0.25) is 14.5 Å². The Morgan fingerprint density at radius 2 is 1.74 bits per heavy atom. The molecule has 0 unspecified atom stereocenters. The molecular weight excluding hydrogens is 338 g/mol. The summed E-state index contributed by atoms with van der Waals surface area (Å²) in [6.45, 7) is 0.542. The monoisotopic (exact) mass is 355 g/mol. The van der Waals surface area contributed by atoms with E-state index in [9.17, 15) is 9.59 Å². The van der Waals surface area contributed by atoms with Crippen molar-refractivity contribution in [1.82, 2.24) is 5.01 Å². The van der Waals surface area contributed by atoms with E-state index in [0.29, 0.717) is 12.1 Å². The third-order valence-corrected chi connectivity index (χ3v) is 5.14. The molecule has 3 aromatic rings. The lowest BCUT2D eigenvalue weighted by molar-refractivity contribution is -0.129. The van der Waals surface area contributed by atoms with Crippen LogP contribution in [-0.4, -0.2) is 35.6 Å². The van der Waals surface area contributed by atoms with Gasteiger partial charge < -0.3 is 0 Å². The Balaban J connectivity index is 1.41. The lowest BCUT2D eigenvalue weighted by Crippen LogP contribution is -2.38. The van der Waals surface area contributed by atoms with Crippen LogP contribution in [0.1, 0.15) is 22.3 Å². The second-order valence-corrected chi connectivity index (χ2v) is 6.75. The van der Waals surface area contributed by atoms with Crippen molar-refractivity contribution >= 4 is 34.0 Å². The van der Waals surface area contributed by atoms with Gasteiger partial charge in [0.05, 0.1) is 17.9 Å². The third kappa shape index (κ3) is 2.51. The topological polar surface area (TPSA) is 53.0 Å². The van der Waals surface area contributed by atoms with E-state index >= 15 is 0 Å². The number of hydrogen-bond donors (Lipinski definition) is 0. The first-order valence-corrected chi connectivity index (χ1v) is 8.99. The van der Waals surface area contributed by atoms with Crippen LogP contribution in [0.2, 0.25) is 0 Å². The average Bonchev–Trinajstić information content (AvgIpc) is 3.30. The van der Waals surface area contributed by atoms with Crippen molar-refractivity contribution < 1.29 is 9.59 Å². The van der Waals surface area contributed by atoms with Crippen LogP contribution < -0.4 is 4.90 Å². The minimum Gasteiger partial charge on any atom is -0.298 e. The van der Waals surface area contributed by atoms with E-state index in [-0.39, 0.29) is 18.4 Å². The lowest BCUT2D eigenvalue weighted by Gasteiger charge is -2.19. The first kappa shape index (κ1) is 15.8. The van der Waals surface area contributed by atoms with Gasteiger partial charge in [0, 0.05) is 17.4 Å². The molecule has 5 nitrogen and oxygen atoms in total. The molecule has 0 bridgehead atoms. The largest absolute Gasteiger partial charge is 0.298 e. The van der Waals surface area contributed by atoms with E-state index in [0.717, 1.165) is 34.2 Å². The molecule has 0 atom stereocenters. The summed E-state index contributed by atoms with van der Waals surface area (Å²) >= 11 is 0. The molecule has 0 aromatic heterocycles. The molecule has 0 spiro atoms. The number of carbonyl (C=O) groups is 2. The fourth-order valence-corrected chi connectivity index (χ4v) is 3.82. The summed E-state index contributed by atoms with van der Waals surface area (Å²) in [6, 6.07) is 21.3. The molecule has 5 heteroatoms. The maximum atomic E-state index is 12.8. The van der Waals surface area contributed by atoms with E-state index in [1.165, 1.54) is 5.01 Å². The number of rotatable bonds is 3. The number of amides is 2. The zero-order valence-corrected chi connectivity index (χ0v) is 14.6. The van der Waals surface area contributed by atoms with Crippen LogP contribution in [0, 0.1) is 0 Å². The first-order chi connectivity index (χ1) is 13.2. The standard InChI is InChI=1S/C22H17N3O2/c26-20(25-13-12-18(23-25)15-6-2-1-3-7-15)14-24-19-11-5-9-16-8-4-10-17(21(16)19)22(24)27/h1-11H,12-14H2. The molecule has 2 amide bonds. The highest BCUT2D eigenvalue weighted by Gasteiger charge is 2.33. The summed E-state index contributed by atoms with van der Waals surface area (Å²) in [5.41, 5.74) is 3.39. The Morgan fingerprint density at radius 3 is 2.56 bits per heavy atom. The van der Waals surface area contributed by atoms with Crippen molar-refractivity contribution in [3.05, 3.63) is 77.9 Å².